The molecule has 0 spiro atoms. The molecule has 0 amide bonds. The smallest absolute Gasteiger partial charge is 0.160 e. The van der Waals surface area contributed by atoms with Crippen molar-refractivity contribution < 1.29 is 0 Å². The van der Waals surface area contributed by atoms with E-state index >= 15 is 0 Å². The van der Waals surface area contributed by atoms with Crippen molar-refractivity contribution in [3.05, 3.63) is 138 Å². The van der Waals surface area contributed by atoms with Crippen LogP contribution < -0.4 is 0 Å². The van der Waals surface area contributed by atoms with Crippen molar-refractivity contribution in [3.8, 4) is 17.1 Å². The Bertz CT molecular complexity index is 2280. The van der Waals surface area contributed by atoms with Gasteiger partial charge in [-0.2, -0.15) is 0 Å². The lowest BCUT2D eigenvalue weighted by molar-refractivity contribution is 0.222. The van der Waals surface area contributed by atoms with E-state index in [1.807, 2.05) is 0 Å². The summed E-state index contributed by atoms with van der Waals surface area (Å²) in [6.45, 7) is 2.20. The molecule has 2 aromatic heterocycles. The van der Waals surface area contributed by atoms with Crippen molar-refractivity contribution in [3.63, 3.8) is 0 Å². The molecule has 9 rings (SSSR count). The summed E-state index contributed by atoms with van der Waals surface area (Å²) in [5, 5.41) is 3.67. The van der Waals surface area contributed by atoms with Crippen LogP contribution in [-0.4, -0.2) is 19.5 Å². The lowest BCUT2D eigenvalue weighted by Gasteiger charge is -2.40. The van der Waals surface area contributed by atoms with Crippen LogP contribution in [0.2, 0.25) is 0 Å². The van der Waals surface area contributed by atoms with Crippen LogP contribution in [0.3, 0.4) is 0 Å². The van der Waals surface area contributed by atoms with Gasteiger partial charge in [0.1, 0.15) is 5.82 Å². The predicted molar refractivity (Wildman–Crippen MR) is 194 cm³/mol. The van der Waals surface area contributed by atoms with E-state index in [0.29, 0.717) is 17.8 Å². The predicted octanol–water partition coefficient (Wildman–Crippen LogP) is 10.7. The highest BCUT2D eigenvalue weighted by Gasteiger charge is 2.37. The van der Waals surface area contributed by atoms with Crippen LogP contribution in [0.25, 0.3) is 55.4 Å². The standard InChI is InChI=1S/C43H38N4/c1-2-40-45-42-35-15-7-6-11-29(35)22-26-39(42)47(40)33-23-19-28(20-24-33)31-21-25-34-32(27-31)14-10-17-36(34)41-37-16-8-9-18-38(37)44-43(46-41)30-12-4-3-5-13-30/h3-9,11-13,15-16,18-20,22-24,26-27,32,34,36H,2,10,14,17,21,25H2,1H3/t32-,34+,36?/m1/s1. The van der Waals surface area contributed by atoms with Gasteiger partial charge in [0.15, 0.2) is 5.82 Å². The average molecular weight is 611 g/mol. The summed E-state index contributed by atoms with van der Waals surface area (Å²) in [5.41, 5.74) is 9.67. The van der Waals surface area contributed by atoms with E-state index < -0.39 is 0 Å². The van der Waals surface area contributed by atoms with E-state index in [2.05, 4.69) is 133 Å². The maximum atomic E-state index is 5.31. The zero-order valence-electron chi connectivity index (χ0n) is 26.8. The maximum absolute atomic E-state index is 5.31. The number of allylic oxidation sites excluding steroid dienone is 2. The fourth-order valence-electron chi connectivity index (χ4n) is 8.48. The lowest BCUT2D eigenvalue weighted by Crippen LogP contribution is -2.29. The van der Waals surface area contributed by atoms with E-state index in [-0.39, 0.29) is 0 Å². The number of rotatable bonds is 5. The molecule has 2 aliphatic rings. The van der Waals surface area contributed by atoms with Crippen LogP contribution in [0.5, 0.6) is 0 Å². The molecular weight excluding hydrogens is 573 g/mol. The van der Waals surface area contributed by atoms with Crippen LogP contribution in [0.4, 0.5) is 0 Å². The molecule has 5 aromatic carbocycles. The van der Waals surface area contributed by atoms with Crippen molar-refractivity contribution in [2.75, 3.05) is 0 Å². The second kappa shape index (κ2) is 11.6. The van der Waals surface area contributed by atoms with Crippen molar-refractivity contribution in [2.45, 2.75) is 51.4 Å². The van der Waals surface area contributed by atoms with Gasteiger partial charge in [-0.1, -0.05) is 110 Å². The van der Waals surface area contributed by atoms with E-state index in [4.69, 9.17) is 15.0 Å². The van der Waals surface area contributed by atoms with E-state index in [9.17, 15) is 0 Å². The van der Waals surface area contributed by atoms with Gasteiger partial charge in [0, 0.05) is 34.4 Å². The molecule has 2 heterocycles. The van der Waals surface area contributed by atoms with Crippen LogP contribution in [0.15, 0.2) is 121 Å². The van der Waals surface area contributed by atoms with E-state index in [1.165, 1.54) is 69.9 Å². The van der Waals surface area contributed by atoms with Crippen molar-refractivity contribution in [1.82, 2.24) is 19.5 Å². The fraction of sp³-hybridized carbons (Fsp3) is 0.233. The average Bonchev–Trinajstić information content (AvgIpc) is 3.54. The van der Waals surface area contributed by atoms with Gasteiger partial charge < -0.3 is 0 Å². The number of fused-ring (bicyclic) bond motifs is 5. The molecule has 0 radical (unpaired) electrons. The lowest BCUT2D eigenvalue weighted by atomic mass is 9.65. The normalized spacial score (nSPS) is 19.6. The third-order valence-electron chi connectivity index (χ3n) is 10.7. The molecule has 1 saturated carbocycles. The number of hydrogen-bond acceptors (Lipinski definition) is 3. The summed E-state index contributed by atoms with van der Waals surface area (Å²) in [7, 11) is 0. The van der Waals surface area contributed by atoms with Gasteiger partial charge in [-0.3, -0.25) is 4.57 Å². The summed E-state index contributed by atoms with van der Waals surface area (Å²) >= 11 is 0. The van der Waals surface area contributed by atoms with Crippen molar-refractivity contribution >= 4 is 38.3 Å². The molecule has 0 N–H and O–H groups in total. The summed E-state index contributed by atoms with van der Waals surface area (Å²) in [6, 6.07) is 41.3. The minimum absolute atomic E-state index is 0.447. The minimum atomic E-state index is 0.447. The maximum Gasteiger partial charge on any atom is 0.160 e. The summed E-state index contributed by atoms with van der Waals surface area (Å²) in [4.78, 5) is 15.4. The first-order chi connectivity index (χ1) is 23.2. The van der Waals surface area contributed by atoms with Gasteiger partial charge in [-0.05, 0) is 78.3 Å². The number of aryl methyl sites for hydroxylation is 1. The van der Waals surface area contributed by atoms with Crippen LogP contribution >= 0.6 is 0 Å². The molecule has 47 heavy (non-hydrogen) atoms. The number of imidazole rings is 1. The van der Waals surface area contributed by atoms with Crippen molar-refractivity contribution in [1.29, 1.82) is 0 Å². The molecule has 1 unspecified atom stereocenters. The van der Waals surface area contributed by atoms with Gasteiger partial charge in [-0.25, -0.2) is 15.0 Å². The third kappa shape index (κ3) is 4.86. The Morgan fingerprint density at radius 2 is 1.47 bits per heavy atom. The van der Waals surface area contributed by atoms with Gasteiger partial charge >= 0.3 is 0 Å². The summed E-state index contributed by atoms with van der Waals surface area (Å²) in [5.74, 6) is 3.57. The summed E-state index contributed by atoms with van der Waals surface area (Å²) < 4.78 is 2.35. The molecule has 0 bridgehead atoms. The number of para-hydroxylation sites is 1. The Morgan fingerprint density at radius 3 is 2.32 bits per heavy atom. The highest BCUT2D eigenvalue weighted by atomic mass is 15.1. The molecule has 4 heteroatoms. The quantitative estimate of drug-likeness (QED) is 0.195. The Labute approximate surface area is 275 Å². The van der Waals surface area contributed by atoms with Crippen LogP contribution in [-0.2, 0) is 6.42 Å². The molecule has 3 atom stereocenters. The van der Waals surface area contributed by atoms with Gasteiger partial charge in [-0.15, -0.1) is 0 Å². The second-order valence-corrected chi connectivity index (χ2v) is 13.3. The second-order valence-electron chi connectivity index (χ2n) is 13.3. The summed E-state index contributed by atoms with van der Waals surface area (Å²) in [6.07, 6.45) is 9.48. The molecule has 230 valence electrons. The molecule has 0 aliphatic heterocycles. The van der Waals surface area contributed by atoms with Gasteiger partial charge in [0.25, 0.3) is 0 Å². The number of nitrogens with zero attached hydrogens (tertiary/aromatic N) is 4. The Morgan fingerprint density at radius 1 is 0.681 bits per heavy atom. The highest BCUT2D eigenvalue weighted by Crippen LogP contribution is 2.49. The Kier molecular flexibility index (Phi) is 6.96. The molecule has 2 aliphatic carbocycles. The highest BCUT2D eigenvalue weighted by molar-refractivity contribution is 6.04. The van der Waals surface area contributed by atoms with Crippen LogP contribution in [0.1, 0.15) is 62.0 Å². The molecular formula is C43H38N4. The first kappa shape index (κ1) is 28.2. The Balaban J connectivity index is 1.03. The van der Waals surface area contributed by atoms with Gasteiger partial charge in [0.2, 0.25) is 0 Å². The van der Waals surface area contributed by atoms with Crippen LogP contribution in [0, 0.1) is 11.8 Å². The zero-order chi connectivity index (χ0) is 31.3. The SMILES string of the molecule is CCc1nc2c3ccccc3ccc2n1-c1ccc(C2=C[C@H]3CCCC(c4nc(-c5ccccc5)nc5ccccc45)[C@H]3CC2)cc1. The largest absolute Gasteiger partial charge is 0.296 e. The first-order valence-electron chi connectivity index (χ1n) is 17.3. The number of aromatic nitrogens is 4. The minimum Gasteiger partial charge on any atom is -0.296 e. The third-order valence-corrected chi connectivity index (χ3v) is 10.7. The number of hydrogen-bond donors (Lipinski definition) is 0. The topological polar surface area (TPSA) is 43.6 Å². The van der Waals surface area contributed by atoms with Gasteiger partial charge in [0.05, 0.1) is 22.2 Å². The van der Waals surface area contributed by atoms with E-state index in [1.54, 1.807) is 0 Å². The Hall–Kier alpha value is -5.09. The van der Waals surface area contributed by atoms with Crippen molar-refractivity contribution in [2.24, 2.45) is 11.8 Å². The molecule has 7 aromatic rings. The molecule has 4 nitrogen and oxygen atoms in total. The number of benzene rings is 5. The molecule has 1 fully saturated rings. The molecule has 0 saturated heterocycles. The monoisotopic (exact) mass is 610 g/mol. The zero-order valence-corrected chi connectivity index (χ0v) is 26.8. The first-order valence-corrected chi connectivity index (χ1v) is 17.3. The fourth-order valence-corrected chi connectivity index (χ4v) is 8.48. The van der Waals surface area contributed by atoms with E-state index in [0.717, 1.165) is 41.1 Å².